The van der Waals surface area contributed by atoms with Gasteiger partial charge in [-0.05, 0) is 75.7 Å². The molecule has 232 valence electrons. The van der Waals surface area contributed by atoms with E-state index in [0.717, 1.165) is 70.5 Å². The third-order valence-electron chi connectivity index (χ3n) is 8.95. The largest absolute Gasteiger partial charge is 3.00 e. The molecule has 0 saturated heterocycles. The summed E-state index contributed by atoms with van der Waals surface area (Å²) in [6.45, 7) is 17.6. The molecule has 6 rings (SSSR count). The van der Waals surface area contributed by atoms with E-state index in [-0.39, 0.29) is 19.5 Å². The molecule has 4 aromatic rings. The molecule has 0 radical (unpaired) electrons. The molecule has 5 heterocycles. The van der Waals surface area contributed by atoms with Crippen molar-refractivity contribution in [1.82, 2.24) is 19.9 Å². The molecule has 0 atom stereocenters. The summed E-state index contributed by atoms with van der Waals surface area (Å²) < 4.78 is 0. The van der Waals surface area contributed by atoms with Crippen molar-refractivity contribution < 1.29 is 24.3 Å². The number of hydrogen-bond donors (Lipinski definition) is 0. The first-order valence-corrected chi connectivity index (χ1v) is 15.7. The molecule has 2 aliphatic heterocycles. The SMILES string of the molecule is CCC1=C(C)c2cc3[n-]c(cc4nc(cc5[n-]c(cc1n2)c(C)c5CC)C(C)=C4CC)c(C)c3CC.O=[C-]c1ccccc1.[Rh+3]. The molecule has 6 heteroatoms. The Morgan fingerprint density at radius 2 is 0.978 bits per heavy atom. The van der Waals surface area contributed by atoms with Crippen LogP contribution in [0.4, 0.5) is 0 Å². The normalized spacial score (nSPS) is 12.5. The summed E-state index contributed by atoms with van der Waals surface area (Å²) in [5.41, 5.74) is 18.8. The number of aryl methyl sites for hydroxylation is 4. The third-order valence-corrected chi connectivity index (χ3v) is 8.95. The zero-order valence-electron chi connectivity index (χ0n) is 27.6. The van der Waals surface area contributed by atoms with Gasteiger partial charge in [0.15, 0.2) is 0 Å². The summed E-state index contributed by atoms with van der Waals surface area (Å²) in [5, 5.41) is 0. The molecule has 0 saturated carbocycles. The predicted octanol–water partition coefficient (Wildman–Crippen LogP) is 9.14. The second-order valence-corrected chi connectivity index (χ2v) is 11.4. The van der Waals surface area contributed by atoms with Gasteiger partial charge in [-0.1, -0.05) is 80.3 Å². The number of hydrogen-bond acceptors (Lipinski definition) is 3. The first-order chi connectivity index (χ1) is 21.2. The minimum atomic E-state index is 0. The molecule has 5 nitrogen and oxygen atoms in total. The molecular weight excluding hydrogens is 643 g/mol. The Morgan fingerprint density at radius 1 is 0.578 bits per heavy atom. The van der Waals surface area contributed by atoms with Gasteiger partial charge in [0.1, 0.15) is 0 Å². The summed E-state index contributed by atoms with van der Waals surface area (Å²) in [7, 11) is 0. The van der Waals surface area contributed by atoms with Crippen LogP contribution in [0.15, 0.2) is 54.6 Å². The summed E-state index contributed by atoms with van der Waals surface area (Å²) in [4.78, 5) is 30.3. The summed E-state index contributed by atoms with van der Waals surface area (Å²) in [5.74, 6) is 0. The maximum absolute atomic E-state index is 9.88. The second-order valence-electron chi connectivity index (χ2n) is 11.4. The van der Waals surface area contributed by atoms with Crippen LogP contribution in [-0.2, 0) is 37.1 Å². The topological polar surface area (TPSA) is 71.1 Å². The summed E-state index contributed by atoms with van der Waals surface area (Å²) in [6, 6.07) is 17.6. The molecule has 0 amide bonds. The van der Waals surface area contributed by atoms with Crippen LogP contribution >= 0.6 is 0 Å². The maximum atomic E-state index is 9.88. The van der Waals surface area contributed by atoms with E-state index >= 15 is 0 Å². The molecule has 3 aromatic heterocycles. The van der Waals surface area contributed by atoms with E-state index in [1.54, 1.807) is 30.6 Å². The van der Waals surface area contributed by atoms with Crippen molar-refractivity contribution in [3.63, 3.8) is 0 Å². The van der Waals surface area contributed by atoms with Gasteiger partial charge in [-0.25, -0.2) is 9.97 Å². The van der Waals surface area contributed by atoms with E-state index < -0.39 is 0 Å². The monoisotopic (exact) mass is 684 g/mol. The molecular formula is C39H41N4ORh. The Balaban J connectivity index is 0.000000447. The van der Waals surface area contributed by atoms with E-state index in [1.807, 2.05) is 6.07 Å². The van der Waals surface area contributed by atoms with Gasteiger partial charge in [0.05, 0.1) is 29.1 Å². The fraction of sp³-hybridized carbons (Fsp3) is 0.308. The van der Waals surface area contributed by atoms with Crippen molar-refractivity contribution in [3.8, 4) is 0 Å². The van der Waals surface area contributed by atoms with Crippen molar-refractivity contribution in [2.45, 2.75) is 81.1 Å². The van der Waals surface area contributed by atoms with Gasteiger partial charge in [-0.3, -0.25) is 0 Å². The first-order valence-electron chi connectivity index (χ1n) is 15.7. The number of rotatable bonds is 5. The molecule has 1 aromatic carbocycles. The number of aromatic nitrogens is 4. The number of carbonyl (C=O) groups excluding carboxylic acids is 1. The van der Waals surface area contributed by atoms with Gasteiger partial charge in [0.25, 0.3) is 0 Å². The van der Waals surface area contributed by atoms with Crippen LogP contribution in [-0.4, -0.2) is 16.3 Å². The Kier molecular flexibility index (Phi) is 10.9. The van der Waals surface area contributed by atoms with Crippen LogP contribution < -0.4 is 9.97 Å². The predicted molar refractivity (Wildman–Crippen MR) is 184 cm³/mol. The Morgan fingerprint density at radius 3 is 1.31 bits per heavy atom. The molecule has 2 aliphatic rings. The Hall–Kier alpha value is -3.89. The van der Waals surface area contributed by atoms with E-state index in [4.69, 9.17) is 19.9 Å². The van der Waals surface area contributed by atoms with Gasteiger partial charge in [-0.2, -0.15) is 17.7 Å². The zero-order chi connectivity index (χ0) is 31.5. The van der Waals surface area contributed by atoms with E-state index in [2.05, 4.69) is 79.7 Å². The smallest absolute Gasteiger partial charge is 0.657 e. The van der Waals surface area contributed by atoms with Gasteiger partial charge in [-0.15, -0.1) is 34.2 Å². The van der Waals surface area contributed by atoms with Crippen LogP contribution in [0.1, 0.15) is 105 Å². The minimum Gasteiger partial charge on any atom is -0.657 e. The van der Waals surface area contributed by atoms with Gasteiger partial charge < -0.3 is 14.8 Å². The zero-order valence-corrected chi connectivity index (χ0v) is 29.2. The van der Waals surface area contributed by atoms with Gasteiger partial charge in [0.2, 0.25) is 0 Å². The van der Waals surface area contributed by atoms with Crippen molar-refractivity contribution in [3.05, 3.63) is 105 Å². The number of fused-ring (bicyclic) bond motifs is 8. The molecule has 0 aliphatic carbocycles. The molecule has 0 unspecified atom stereocenters. The van der Waals surface area contributed by atoms with E-state index in [0.29, 0.717) is 5.56 Å². The standard InChI is InChI=1S/C32H36N4.C7H5O.Rh/c1-9-21-17(5)25-14-30-23(11-3)19(7)27(35-30)16-32-24(12-4)20(8)28(36-32)15-31-22(10-2)18(6)26(34-31)13-29(21)33-25;8-6-7-4-2-1-3-5-7;/h13-16H,9-12H2,1-8H3;1-5H;/q-2;-1;+3. The fourth-order valence-corrected chi connectivity index (χ4v) is 6.36. The van der Waals surface area contributed by atoms with Crippen molar-refractivity contribution in [1.29, 1.82) is 0 Å². The fourth-order valence-electron chi connectivity index (χ4n) is 6.36. The molecule has 0 N–H and O–H groups in total. The molecule has 0 spiro atoms. The number of nitrogens with zero attached hydrogens (tertiary/aromatic N) is 4. The van der Waals surface area contributed by atoms with Crippen LogP contribution in [0.3, 0.4) is 0 Å². The summed E-state index contributed by atoms with van der Waals surface area (Å²) >= 11 is 0. The van der Waals surface area contributed by atoms with Crippen molar-refractivity contribution in [2.24, 2.45) is 0 Å². The quantitative estimate of drug-likeness (QED) is 0.155. The second kappa shape index (κ2) is 14.5. The molecule has 45 heavy (non-hydrogen) atoms. The van der Waals surface area contributed by atoms with Gasteiger partial charge in [0, 0.05) is 0 Å². The maximum Gasteiger partial charge on any atom is 3.00 e. The average molecular weight is 685 g/mol. The van der Waals surface area contributed by atoms with Crippen LogP contribution in [0, 0.1) is 13.8 Å². The number of benzene rings is 1. The Labute approximate surface area is 280 Å². The van der Waals surface area contributed by atoms with Crippen molar-refractivity contribution >= 4 is 50.6 Å². The van der Waals surface area contributed by atoms with E-state index in [1.165, 1.54) is 44.5 Å². The Bertz CT molecular complexity index is 1840. The number of allylic oxidation sites excluding steroid dienone is 4. The first kappa shape index (κ1) is 34.0. The van der Waals surface area contributed by atoms with Gasteiger partial charge >= 0.3 is 19.5 Å². The van der Waals surface area contributed by atoms with Crippen LogP contribution in [0.25, 0.3) is 44.4 Å². The van der Waals surface area contributed by atoms with E-state index in [9.17, 15) is 4.79 Å². The summed E-state index contributed by atoms with van der Waals surface area (Å²) in [6.07, 6.45) is 5.51. The minimum absolute atomic E-state index is 0. The average Bonchev–Trinajstić information content (AvgIpc) is 3.70. The molecule has 0 fully saturated rings. The molecule has 8 bridgehead atoms. The van der Waals surface area contributed by atoms with Crippen LogP contribution in [0.5, 0.6) is 0 Å². The third kappa shape index (κ3) is 6.58. The van der Waals surface area contributed by atoms with Crippen molar-refractivity contribution in [2.75, 3.05) is 0 Å². The van der Waals surface area contributed by atoms with Crippen LogP contribution in [0.2, 0.25) is 0 Å².